The quantitative estimate of drug-likeness (QED) is 0.689. The minimum Gasteiger partial charge on any atom is -0.366 e. The van der Waals surface area contributed by atoms with E-state index in [0.717, 1.165) is 22.8 Å². The summed E-state index contributed by atoms with van der Waals surface area (Å²) in [6, 6.07) is 20.5. The van der Waals surface area contributed by atoms with Gasteiger partial charge in [-0.2, -0.15) is 0 Å². The van der Waals surface area contributed by atoms with Crippen LogP contribution in [0.1, 0.15) is 28.8 Å². The van der Waals surface area contributed by atoms with Crippen LogP contribution in [-0.4, -0.2) is 35.8 Å². The average Bonchev–Trinajstić information content (AvgIpc) is 3.16. The number of primary amides is 1. The lowest BCUT2D eigenvalue weighted by Crippen LogP contribution is -2.43. The molecule has 0 bridgehead atoms. The molecule has 1 aliphatic rings. The average molecular weight is 401 g/mol. The Bertz CT molecular complexity index is 1100. The summed E-state index contributed by atoms with van der Waals surface area (Å²) in [5.41, 5.74) is 7.27. The van der Waals surface area contributed by atoms with Crippen molar-refractivity contribution in [3.8, 4) is 0 Å². The molecule has 0 atom stereocenters. The highest BCUT2D eigenvalue weighted by atomic mass is 16.2. The van der Waals surface area contributed by atoms with E-state index in [1.165, 1.54) is 0 Å². The van der Waals surface area contributed by atoms with E-state index in [9.17, 15) is 14.4 Å². The second-order valence-electron chi connectivity index (χ2n) is 7.45. The van der Waals surface area contributed by atoms with Gasteiger partial charge in [-0.1, -0.05) is 42.5 Å². The number of hydrogen-bond acceptors (Lipinski definition) is 3. The molecule has 6 heteroatoms. The fourth-order valence-corrected chi connectivity index (χ4v) is 3.84. The maximum atomic E-state index is 13.4. The summed E-state index contributed by atoms with van der Waals surface area (Å²) in [5, 5.41) is 2.12. The van der Waals surface area contributed by atoms with Crippen LogP contribution in [-0.2, 0) is 16.0 Å². The number of anilines is 1. The van der Waals surface area contributed by atoms with Gasteiger partial charge in [0, 0.05) is 24.2 Å². The number of hydrogen-bond donors (Lipinski definition) is 1. The van der Waals surface area contributed by atoms with Crippen LogP contribution in [0.15, 0.2) is 66.7 Å². The van der Waals surface area contributed by atoms with Gasteiger partial charge < -0.3 is 10.6 Å². The molecule has 1 aliphatic heterocycles. The minimum absolute atomic E-state index is 0.0479. The van der Waals surface area contributed by atoms with E-state index in [-0.39, 0.29) is 24.9 Å². The maximum absolute atomic E-state index is 13.4. The Balaban J connectivity index is 1.64. The molecule has 3 aromatic carbocycles. The Morgan fingerprint density at radius 2 is 1.70 bits per heavy atom. The lowest BCUT2D eigenvalue weighted by Gasteiger charge is -2.28. The van der Waals surface area contributed by atoms with Crippen molar-refractivity contribution in [1.82, 2.24) is 4.90 Å². The third-order valence-electron chi connectivity index (χ3n) is 5.47. The van der Waals surface area contributed by atoms with Gasteiger partial charge in [0.15, 0.2) is 0 Å². The first-order valence-electron chi connectivity index (χ1n) is 9.97. The van der Waals surface area contributed by atoms with E-state index < -0.39 is 5.91 Å². The van der Waals surface area contributed by atoms with Gasteiger partial charge in [-0.25, -0.2) is 0 Å². The molecule has 0 unspecified atom stereocenters. The molecule has 0 aliphatic carbocycles. The van der Waals surface area contributed by atoms with E-state index in [2.05, 4.69) is 0 Å². The van der Waals surface area contributed by atoms with Crippen LogP contribution in [0.5, 0.6) is 0 Å². The van der Waals surface area contributed by atoms with Crippen molar-refractivity contribution in [3.63, 3.8) is 0 Å². The van der Waals surface area contributed by atoms with E-state index in [1.807, 2.05) is 42.5 Å². The molecule has 3 amide bonds. The number of fused-ring (bicyclic) bond motifs is 1. The molecular formula is C24H23N3O3. The van der Waals surface area contributed by atoms with E-state index in [1.54, 1.807) is 34.1 Å². The second-order valence-corrected chi connectivity index (χ2v) is 7.45. The van der Waals surface area contributed by atoms with Gasteiger partial charge in [-0.3, -0.25) is 19.3 Å². The molecule has 0 aromatic heterocycles. The van der Waals surface area contributed by atoms with E-state index in [0.29, 0.717) is 24.2 Å². The number of carbonyl (C=O) groups is 3. The molecule has 0 saturated carbocycles. The largest absolute Gasteiger partial charge is 0.366 e. The van der Waals surface area contributed by atoms with Crippen LogP contribution in [0, 0.1) is 0 Å². The normalized spacial score (nSPS) is 13.6. The Labute approximate surface area is 174 Å². The summed E-state index contributed by atoms with van der Waals surface area (Å²) in [4.78, 5) is 40.2. The number of likely N-dealkylation sites (tertiary alicyclic amines) is 1. The van der Waals surface area contributed by atoms with Crippen molar-refractivity contribution in [2.24, 2.45) is 5.73 Å². The Kier molecular flexibility index (Phi) is 5.48. The predicted molar refractivity (Wildman–Crippen MR) is 116 cm³/mol. The van der Waals surface area contributed by atoms with Crippen LogP contribution in [0.4, 0.5) is 5.69 Å². The van der Waals surface area contributed by atoms with Gasteiger partial charge in [0.1, 0.15) is 6.67 Å². The summed E-state index contributed by atoms with van der Waals surface area (Å²) >= 11 is 0. The number of benzene rings is 3. The summed E-state index contributed by atoms with van der Waals surface area (Å²) < 4.78 is 0. The summed E-state index contributed by atoms with van der Waals surface area (Å²) in [6.07, 6.45) is 1.51. The van der Waals surface area contributed by atoms with Crippen molar-refractivity contribution in [2.45, 2.75) is 19.3 Å². The summed E-state index contributed by atoms with van der Waals surface area (Å²) in [7, 11) is 0. The zero-order valence-corrected chi connectivity index (χ0v) is 16.6. The molecule has 152 valence electrons. The SMILES string of the molecule is NC(=O)c1ccc(N(CN2CCCC2=O)C(=O)Cc2cccc3ccccc23)cc1. The van der Waals surface area contributed by atoms with E-state index in [4.69, 9.17) is 5.73 Å². The number of nitrogens with zero attached hydrogens (tertiary/aromatic N) is 2. The Morgan fingerprint density at radius 1 is 0.967 bits per heavy atom. The number of rotatable bonds is 6. The van der Waals surface area contributed by atoms with Crippen LogP contribution < -0.4 is 10.6 Å². The van der Waals surface area contributed by atoms with Gasteiger partial charge in [0.2, 0.25) is 17.7 Å². The third kappa shape index (κ3) is 4.03. The van der Waals surface area contributed by atoms with Crippen LogP contribution >= 0.6 is 0 Å². The molecule has 6 nitrogen and oxygen atoms in total. The smallest absolute Gasteiger partial charge is 0.248 e. The zero-order valence-electron chi connectivity index (χ0n) is 16.6. The molecule has 3 aromatic rings. The van der Waals surface area contributed by atoms with Gasteiger partial charge in [-0.05, 0) is 47.0 Å². The highest BCUT2D eigenvalue weighted by Gasteiger charge is 2.26. The van der Waals surface area contributed by atoms with E-state index >= 15 is 0 Å². The van der Waals surface area contributed by atoms with Gasteiger partial charge in [0.05, 0.1) is 6.42 Å². The Hall–Kier alpha value is -3.67. The first-order valence-corrected chi connectivity index (χ1v) is 9.97. The standard InChI is InChI=1S/C24H23N3O3/c25-24(30)18-10-12-20(13-11-18)27(16-26-14-4-9-22(26)28)23(29)15-19-7-3-6-17-5-1-2-8-21(17)19/h1-3,5-8,10-13H,4,9,14-16H2,(H2,25,30). The minimum atomic E-state index is -0.523. The lowest BCUT2D eigenvalue weighted by molar-refractivity contribution is -0.128. The monoisotopic (exact) mass is 401 g/mol. The van der Waals surface area contributed by atoms with Crippen LogP contribution in [0.25, 0.3) is 10.8 Å². The summed E-state index contributed by atoms with van der Waals surface area (Å²) in [5.74, 6) is -0.588. The Morgan fingerprint density at radius 3 is 2.40 bits per heavy atom. The molecule has 1 fully saturated rings. The van der Waals surface area contributed by atoms with Crippen LogP contribution in [0.2, 0.25) is 0 Å². The van der Waals surface area contributed by atoms with Gasteiger partial charge in [0.25, 0.3) is 0 Å². The first-order chi connectivity index (χ1) is 14.5. The number of amides is 3. The van der Waals surface area contributed by atoms with Crippen LogP contribution in [0.3, 0.4) is 0 Å². The summed E-state index contributed by atoms with van der Waals surface area (Å²) in [6.45, 7) is 0.828. The molecular weight excluding hydrogens is 378 g/mol. The van der Waals surface area contributed by atoms with Crippen molar-refractivity contribution in [2.75, 3.05) is 18.1 Å². The van der Waals surface area contributed by atoms with Crippen molar-refractivity contribution >= 4 is 34.2 Å². The second kappa shape index (κ2) is 8.37. The number of nitrogens with two attached hydrogens (primary N) is 1. The number of carbonyl (C=O) groups excluding carboxylic acids is 3. The predicted octanol–water partition coefficient (Wildman–Crippen LogP) is 3.09. The van der Waals surface area contributed by atoms with Crippen molar-refractivity contribution in [3.05, 3.63) is 77.9 Å². The highest BCUT2D eigenvalue weighted by Crippen LogP contribution is 2.23. The highest BCUT2D eigenvalue weighted by molar-refractivity contribution is 5.99. The molecule has 4 rings (SSSR count). The molecule has 1 heterocycles. The van der Waals surface area contributed by atoms with Gasteiger partial charge >= 0.3 is 0 Å². The molecule has 2 N–H and O–H groups in total. The topological polar surface area (TPSA) is 83.7 Å². The molecule has 30 heavy (non-hydrogen) atoms. The molecule has 1 saturated heterocycles. The fraction of sp³-hybridized carbons (Fsp3) is 0.208. The van der Waals surface area contributed by atoms with Crippen molar-refractivity contribution in [1.29, 1.82) is 0 Å². The third-order valence-corrected chi connectivity index (χ3v) is 5.47. The lowest BCUT2D eigenvalue weighted by atomic mass is 10.0. The maximum Gasteiger partial charge on any atom is 0.248 e. The van der Waals surface area contributed by atoms with Crippen molar-refractivity contribution < 1.29 is 14.4 Å². The van der Waals surface area contributed by atoms with Gasteiger partial charge in [-0.15, -0.1) is 0 Å². The zero-order chi connectivity index (χ0) is 21.1. The fourth-order valence-electron chi connectivity index (χ4n) is 3.84. The first kappa shape index (κ1) is 19.6. The molecule has 0 radical (unpaired) electrons. The molecule has 0 spiro atoms.